The largest absolute Gasteiger partial charge is 0.508 e. The van der Waals surface area contributed by atoms with Crippen LogP contribution in [0.3, 0.4) is 0 Å². The molecule has 35 heavy (non-hydrogen) atoms. The maximum atomic E-state index is 10.1. The van der Waals surface area contributed by atoms with Crippen LogP contribution in [-0.2, 0) is 7.05 Å². The van der Waals surface area contributed by atoms with Crippen LogP contribution in [0.15, 0.2) is 66.7 Å². The van der Waals surface area contributed by atoms with Crippen LogP contribution in [0.4, 0.5) is 0 Å². The second-order valence-corrected chi connectivity index (χ2v) is 9.90. The van der Waals surface area contributed by atoms with E-state index in [1.165, 1.54) is 5.56 Å². The summed E-state index contributed by atoms with van der Waals surface area (Å²) >= 11 is 1.64. The van der Waals surface area contributed by atoms with Gasteiger partial charge in [-0.1, -0.05) is 56.3 Å². The van der Waals surface area contributed by atoms with E-state index in [0.717, 1.165) is 49.2 Å². The standard InChI is InChI=1S/C29H27N3O2S/c1-18(2)23-7-5-6-8-24(23)29-28(25-15-12-21(33)17-26(25)35-29)34-22-13-9-20(10-14-22)11-16-27-31-30-19(3)32(27)4/h5-18,33H,1-4H3/b16-11+. The Bertz CT molecular complexity index is 1530. The molecule has 0 unspecified atom stereocenters. The summed E-state index contributed by atoms with van der Waals surface area (Å²) in [6.45, 7) is 6.33. The summed E-state index contributed by atoms with van der Waals surface area (Å²) in [5, 5.41) is 19.3. The van der Waals surface area contributed by atoms with Gasteiger partial charge in [0.25, 0.3) is 0 Å². The summed E-state index contributed by atoms with van der Waals surface area (Å²) in [5.74, 6) is 3.89. The lowest BCUT2D eigenvalue weighted by Gasteiger charge is -2.14. The number of aromatic nitrogens is 3. The minimum atomic E-state index is 0.253. The highest BCUT2D eigenvalue weighted by Gasteiger charge is 2.20. The van der Waals surface area contributed by atoms with Crippen LogP contribution in [0, 0.1) is 6.92 Å². The van der Waals surface area contributed by atoms with Crippen molar-refractivity contribution < 1.29 is 9.84 Å². The number of phenols is 1. The van der Waals surface area contributed by atoms with Crippen molar-refractivity contribution in [3.63, 3.8) is 0 Å². The first-order valence-corrected chi connectivity index (χ1v) is 12.4. The Morgan fingerprint density at radius 3 is 2.46 bits per heavy atom. The molecular formula is C29H27N3O2S. The van der Waals surface area contributed by atoms with Crippen molar-refractivity contribution in [2.45, 2.75) is 26.7 Å². The van der Waals surface area contributed by atoms with E-state index in [4.69, 9.17) is 4.74 Å². The summed E-state index contributed by atoms with van der Waals surface area (Å²) < 4.78 is 9.45. The monoisotopic (exact) mass is 481 g/mol. The molecule has 6 heteroatoms. The number of rotatable bonds is 6. The average molecular weight is 482 g/mol. The predicted molar refractivity (Wildman–Crippen MR) is 144 cm³/mol. The van der Waals surface area contributed by atoms with E-state index in [1.807, 2.05) is 61.0 Å². The Balaban J connectivity index is 1.50. The maximum absolute atomic E-state index is 10.1. The van der Waals surface area contributed by atoms with E-state index in [2.05, 4.69) is 48.3 Å². The molecule has 1 N–H and O–H groups in total. The van der Waals surface area contributed by atoms with E-state index >= 15 is 0 Å². The fraction of sp³-hybridized carbons (Fsp3) is 0.172. The molecule has 0 atom stereocenters. The zero-order valence-corrected chi connectivity index (χ0v) is 21.0. The molecule has 0 fully saturated rings. The number of ether oxygens (including phenoxy) is 1. The lowest BCUT2D eigenvalue weighted by atomic mass is 9.96. The first-order valence-electron chi connectivity index (χ1n) is 11.6. The molecule has 3 aromatic carbocycles. The second-order valence-electron chi connectivity index (χ2n) is 8.85. The minimum Gasteiger partial charge on any atom is -0.508 e. The number of nitrogens with zero attached hydrogens (tertiary/aromatic N) is 3. The maximum Gasteiger partial charge on any atom is 0.156 e. The molecule has 0 aliphatic heterocycles. The van der Waals surface area contributed by atoms with Gasteiger partial charge in [-0.25, -0.2) is 0 Å². The van der Waals surface area contributed by atoms with Crippen LogP contribution >= 0.6 is 11.3 Å². The van der Waals surface area contributed by atoms with E-state index in [1.54, 1.807) is 23.5 Å². The second kappa shape index (κ2) is 9.39. The minimum absolute atomic E-state index is 0.253. The quantitative estimate of drug-likeness (QED) is 0.269. The molecule has 0 spiro atoms. The Labute approximate surface area is 209 Å². The van der Waals surface area contributed by atoms with Gasteiger partial charge in [-0.3, -0.25) is 0 Å². The highest BCUT2D eigenvalue weighted by atomic mass is 32.1. The smallest absolute Gasteiger partial charge is 0.156 e. The predicted octanol–water partition coefficient (Wildman–Crippen LogP) is 7.80. The van der Waals surface area contributed by atoms with Crippen molar-refractivity contribution in [3.05, 3.63) is 89.5 Å². The number of aromatic hydroxyl groups is 1. The molecular weight excluding hydrogens is 454 g/mol. The van der Waals surface area contributed by atoms with Crippen molar-refractivity contribution in [1.29, 1.82) is 0 Å². The fourth-order valence-corrected chi connectivity index (χ4v) is 5.26. The third-order valence-corrected chi connectivity index (χ3v) is 7.27. The molecule has 0 bridgehead atoms. The Morgan fingerprint density at radius 1 is 0.971 bits per heavy atom. The van der Waals surface area contributed by atoms with Crippen molar-refractivity contribution >= 4 is 33.6 Å². The van der Waals surface area contributed by atoms with E-state index in [9.17, 15) is 5.11 Å². The van der Waals surface area contributed by atoms with Gasteiger partial charge in [0.15, 0.2) is 11.6 Å². The summed E-state index contributed by atoms with van der Waals surface area (Å²) in [7, 11) is 1.95. The first-order chi connectivity index (χ1) is 16.9. The average Bonchev–Trinajstić information content (AvgIpc) is 3.37. The van der Waals surface area contributed by atoms with Crippen LogP contribution in [0.1, 0.15) is 42.5 Å². The number of hydrogen-bond donors (Lipinski definition) is 1. The van der Waals surface area contributed by atoms with E-state index < -0.39 is 0 Å². The number of phenolic OH excluding ortho intramolecular Hbond substituents is 1. The third kappa shape index (κ3) is 4.57. The number of fused-ring (bicyclic) bond motifs is 1. The van der Waals surface area contributed by atoms with Crippen molar-refractivity contribution in [1.82, 2.24) is 14.8 Å². The molecule has 0 amide bonds. The highest BCUT2D eigenvalue weighted by Crippen LogP contribution is 2.48. The van der Waals surface area contributed by atoms with Gasteiger partial charge < -0.3 is 14.4 Å². The van der Waals surface area contributed by atoms with Crippen molar-refractivity contribution in [2.24, 2.45) is 7.05 Å². The molecule has 5 rings (SSSR count). The summed E-state index contributed by atoms with van der Waals surface area (Å²) in [6, 6.07) is 21.9. The van der Waals surface area contributed by atoms with Gasteiger partial charge in [0.1, 0.15) is 17.3 Å². The number of hydrogen-bond acceptors (Lipinski definition) is 5. The number of thiophene rings is 1. The molecule has 2 heterocycles. The van der Waals surface area contributed by atoms with Gasteiger partial charge in [-0.15, -0.1) is 21.5 Å². The topological polar surface area (TPSA) is 60.2 Å². The summed E-state index contributed by atoms with van der Waals surface area (Å²) in [4.78, 5) is 1.07. The molecule has 0 radical (unpaired) electrons. The molecule has 2 aromatic heterocycles. The van der Waals surface area contributed by atoms with Crippen LogP contribution in [-0.4, -0.2) is 19.9 Å². The Kier molecular flexibility index (Phi) is 6.14. The van der Waals surface area contributed by atoms with Gasteiger partial charge in [-0.2, -0.15) is 0 Å². The van der Waals surface area contributed by atoms with E-state index in [0.29, 0.717) is 5.92 Å². The SMILES string of the molecule is Cc1nnc(/C=C/c2ccc(Oc3c(-c4ccccc4C(C)C)sc4cc(O)ccc34)cc2)n1C. The van der Waals surface area contributed by atoms with Crippen LogP contribution in [0.5, 0.6) is 17.2 Å². The molecule has 176 valence electrons. The normalized spacial score (nSPS) is 11.7. The molecule has 5 aromatic rings. The van der Waals surface area contributed by atoms with Crippen molar-refractivity contribution in [3.8, 4) is 27.7 Å². The Hall–Kier alpha value is -3.90. The lowest BCUT2D eigenvalue weighted by molar-refractivity contribution is 0.476. The van der Waals surface area contributed by atoms with Gasteiger partial charge in [0.05, 0.1) is 4.88 Å². The Morgan fingerprint density at radius 2 is 1.74 bits per heavy atom. The van der Waals surface area contributed by atoms with Crippen molar-refractivity contribution in [2.75, 3.05) is 0 Å². The van der Waals surface area contributed by atoms with Gasteiger partial charge in [-0.05, 0) is 65.9 Å². The molecule has 0 saturated heterocycles. The molecule has 0 aliphatic rings. The van der Waals surface area contributed by atoms with Crippen LogP contribution in [0.25, 0.3) is 32.7 Å². The number of benzene rings is 3. The van der Waals surface area contributed by atoms with Gasteiger partial charge >= 0.3 is 0 Å². The van der Waals surface area contributed by atoms with Gasteiger partial charge in [0.2, 0.25) is 0 Å². The molecule has 0 aliphatic carbocycles. The van der Waals surface area contributed by atoms with E-state index in [-0.39, 0.29) is 5.75 Å². The zero-order valence-electron chi connectivity index (χ0n) is 20.2. The third-order valence-electron chi connectivity index (χ3n) is 6.11. The first kappa shape index (κ1) is 22.9. The molecule has 0 saturated carbocycles. The fourth-order valence-electron chi connectivity index (χ4n) is 4.05. The lowest BCUT2D eigenvalue weighted by Crippen LogP contribution is -1.93. The number of aryl methyl sites for hydroxylation is 1. The van der Waals surface area contributed by atoms with Crippen LogP contribution < -0.4 is 4.74 Å². The zero-order chi connectivity index (χ0) is 24.5. The highest BCUT2D eigenvalue weighted by molar-refractivity contribution is 7.22. The van der Waals surface area contributed by atoms with Crippen LogP contribution in [0.2, 0.25) is 0 Å². The summed E-state index contributed by atoms with van der Waals surface area (Å²) in [6.07, 6.45) is 3.97. The van der Waals surface area contributed by atoms with Gasteiger partial charge in [0, 0.05) is 17.1 Å². The molecule has 5 nitrogen and oxygen atoms in total. The summed E-state index contributed by atoms with van der Waals surface area (Å²) in [5.41, 5.74) is 3.48.